The first-order valence-corrected chi connectivity index (χ1v) is 7.60. The fourth-order valence-electron chi connectivity index (χ4n) is 2.38. The summed E-state index contributed by atoms with van der Waals surface area (Å²) >= 11 is 6.08. The smallest absolute Gasteiger partial charge is 0.321 e. The Morgan fingerprint density at radius 1 is 1.41 bits per heavy atom. The number of benzene rings is 1. The number of ether oxygens (including phenoxy) is 1. The Bertz CT molecular complexity index is 556. The van der Waals surface area contributed by atoms with Crippen molar-refractivity contribution in [2.75, 3.05) is 25.0 Å². The second-order valence-electron chi connectivity index (χ2n) is 5.11. The predicted octanol–water partition coefficient (Wildman–Crippen LogP) is 3.07. The van der Waals surface area contributed by atoms with Crippen molar-refractivity contribution < 1.29 is 19.4 Å². The summed E-state index contributed by atoms with van der Waals surface area (Å²) < 4.78 is 5.34. The summed E-state index contributed by atoms with van der Waals surface area (Å²) in [4.78, 5) is 24.7. The minimum Gasteiger partial charge on any atom is -0.492 e. The van der Waals surface area contributed by atoms with Crippen LogP contribution in [0, 0.1) is 5.92 Å². The maximum absolute atomic E-state index is 12.2. The minimum atomic E-state index is -0.793. The second-order valence-corrected chi connectivity index (χ2v) is 5.52. The van der Waals surface area contributed by atoms with E-state index in [9.17, 15) is 9.59 Å². The lowest BCUT2D eigenvalue weighted by Gasteiger charge is -2.30. The highest BCUT2D eigenvalue weighted by atomic mass is 35.5. The van der Waals surface area contributed by atoms with Crippen molar-refractivity contribution in [3.63, 3.8) is 0 Å². The zero-order valence-electron chi connectivity index (χ0n) is 12.3. The number of carbonyl (C=O) groups is 2. The van der Waals surface area contributed by atoms with Gasteiger partial charge in [0.15, 0.2) is 0 Å². The van der Waals surface area contributed by atoms with E-state index in [1.165, 1.54) is 0 Å². The number of anilines is 1. The van der Waals surface area contributed by atoms with Gasteiger partial charge in [0.2, 0.25) is 0 Å². The number of urea groups is 1. The largest absolute Gasteiger partial charge is 0.492 e. The first-order valence-electron chi connectivity index (χ1n) is 7.22. The van der Waals surface area contributed by atoms with Crippen LogP contribution in [0.1, 0.15) is 19.8 Å². The lowest BCUT2D eigenvalue weighted by Crippen LogP contribution is -2.42. The van der Waals surface area contributed by atoms with Crippen LogP contribution in [-0.2, 0) is 4.79 Å². The molecule has 2 amide bonds. The molecule has 1 aromatic rings. The summed E-state index contributed by atoms with van der Waals surface area (Å²) in [6.07, 6.45) is 0.958. The van der Waals surface area contributed by atoms with Crippen LogP contribution in [0.2, 0.25) is 5.02 Å². The van der Waals surface area contributed by atoms with Gasteiger partial charge in [-0.3, -0.25) is 4.79 Å². The molecule has 22 heavy (non-hydrogen) atoms. The van der Waals surface area contributed by atoms with Gasteiger partial charge in [-0.05, 0) is 38.0 Å². The van der Waals surface area contributed by atoms with Gasteiger partial charge in [0.05, 0.1) is 17.5 Å². The van der Waals surface area contributed by atoms with E-state index in [-0.39, 0.29) is 11.9 Å². The molecule has 0 aromatic heterocycles. The van der Waals surface area contributed by atoms with Gasteiger partial charge in [-0.15, -0.1) is 0 Å². The van der Waals surface area contributed by atoms with Crippen LogP contribution >= 0.6 is 11.6 Å². The van der Waals surface area contributed by atoms with Crippen molar-refractivity contribution in [1.82, 2.24) is 4.90 Å². The topological polar surface area (TPSA) is 78.9 Å². The van der Waals surface area contributed by atoms with Crippen molar-refractivity contribution in [3.05, 3.63) is 23.2 Å². The molecule has 0 radical (unpaired) electrons. The highest BCUT2D eigenvalue weighted by Crippen LogP contribution is 2.28. The summed E-state index contributed by atoms with van der Waals surface area (Å²) in [7, 11) is 0. The molecular formula is C15H19ClN2O4. The Labute approximate surface area is 134 Å². The van der Waals surface area contributed by atoms with Gasteiger partial charge in [0.1, 0.15) is 5.75 Å². The number of aliphatic carboxylic acids is 1. The van der Waals surface area contributed by atoms with E-state index in [0.29, 0.717) is 49.0 Å². The Morgan fingerprint density at radius 2 is 2.09 bits per heavy atom. The average Bonchev–Trinajstić information content (AvgIpc) is 2.50. The number of carboxylic acid groups (broad SMARTS) is 1. The Kier molecular flexibility index (Phi) is 5.49. The first kappa shape index (κ1) is 16.4. The molecule has 2 rings (SSSR count). The van der Waals surface area contributed by atoms with E-state index >= 15 is 0 Å². The zero-order valence-corrected chi connectivity index (χ0v) is 13.1. The van der Waals surface area contributed by atoms with Crippen LogP contribution in [0.5, 0.6) is 5.75 Å². The molecule has 6 nitrogen and oxygen atoms in total. The molecule has 0 bridgehead atoms. The Hall–Kier alpha value is -1.95. The van der Waals surface area contributed by atoms with Crippen LogP contribution in [-0.4, -0.2) is 41.7 Å². The van der Waals surface area contributed by atoms with Gasteiger partial charge >= 0.3 is 12.0 Å². The van der Waals surface area contributed by atoms with Gasteiger partial charge in [-0.2, -0.15) is 0 Å². The van der Waals surface area contributed by atoms with Gasteiger partial charge < -0.3 is 20.1 Å². The average molecular weight is 327 g/mol. The molecule has 0 unspecified atom stereocenters. The van der Waals surface area contributed by atoms with Gasteiger partial charge in [-0.25, -0.2) is 4.79 Å². The van der Waals surface area contributed by atoms with Crippen molar-refractivity contribution in [2.45, 2.75) is 19.8 Å². The third-order valence-electron chi connectivity index (χ3n) is 3.61. The number of piperidine rings is 1. The van der Waals surface area contributed by atoms with E-state index in [2.05, 4.69) is 5.32 Å². The summed E-state index contributed by atoms with van der Waals surface area (Å²) in [5.74, 6) is -0.577. The number of carboxylic acids is 1. The van der Waals surface area contributed by atoms with E-state index < -0.39 is 5.97 Å². The third kappa shape index (κ3) is 4.04. The Morgan fingerprint density at radius 3 is 2.64 bits per heavy atom. The molecule has 0 aliphatic carbocycles. The van der Waals surface area contributed by atoms with Crippen LogP contribution < -0.4 is 10.1 Å². The quantitative estimate of drug-likeness (QED) is 0.891. The minimum absolute atomic E-state index is 0.246. The molecule has 7 heteroatoms. The molecule has 1 heterocycles. The van der Waals surface area contributed by atoms with E-state index in [1.54, 1.807) is 23.1 Å². The normalized spacial score (nSPS) is 15.5. The SMILES string of the molecule is CCOc1ccc(NC(=O)N2CCC(C(=O)O)CC2)cc1Cl. The number of nitrogens with one attached hydrogen (secondary N) is 1. The summed E-state index contributed by atoms with van der Waals surface area (Å²) in [6, 6.07) is 4.81. The van der Waals surface area contributed by atoms with Gasteiger partial charge in [-0.1, -0.05) is 11.6 Å². The van der Waals surface area contributed by atoms with Gasteiger partial charge in [0.25, 0.3) is 0 Å². The first-order chi connectivity index (χ1) is 10.5. The monoisotopic (exact) mass is 326 g/mol. The standard InChI is InChI=1S/C15H19ClN2O4/c1-2-22-13-4-3-11(9-12(13)16)17-15(21)18-7-5-10(6-8-18)14(19)20/h3-4,9-10H,2,5-8H2,1H3,(H,17,21)(H,19,20). The number of rotatable bonds is 4. The fourth-order valence-corrected chi connectivity index (χ4v) is 2.62. The number of carbonyl (C=O) groups excluding carboxylic acids is 1. The Balaban J connectivity index is 1.92. The van der Waals surface area contributed by atoms with E-state index in [1.807, 2.05) is 6.92 Å². The molecule has 1 fully saturated rings. The summed E-state index contributed by atoms with van der Waals surface area (Å²) in [6.45, 7) is 3.26. The predicted molar refractivity (Wildman–Crippen MR) is 83.6 cm³/mol. The molecule has 0 spiro atoms. The summed E-state index contributed by atoms with van der Waals surface area (Å²) in [5.41, 5.74) is 0.582. The second kappa shape index (κ2) is 7.35. The van der Waals surface area contributed by atoms with Crippen molar-refractivity contribution >= 4 is 29.3 Å². The summed E-state index contributed by atoms with van der Waals surface area (Å²) in [5, 5.41) is 12.2. The highest BCUT2D eigenvalue weighted by molar-refractivity contribution is 6.32. The molecule has 1 aliphatic heterocycles. The van der Waals surface area contributed by atoms with Crippen LogP contribution in [0.25, 0.3) is 0 Å². The van der Waals surface area contributed by atoms with Crippen LogP contribution in [0.4, 0.5) is 10.5 Å². The zero-order chi connectivity index (χ0) is 16.1. The molecule has 2 N–H and O–H groups in total. The molecule has 1 aliphatic rings. The van der Waals surface area contributed by atoms with Crippen molar-refractivity contribution in [2.24, 2.45) is 5.92 Å². The van der Waals surface area contributed by atoms with Crippen LogP contribution in [0.3, 0.4) is 0 Å². The fraction of sp³-hybridized carbons (Fsp3) is 0.467. The number of amides is 2. The highest BCUT2D eigenvalue weighted by Gasteiger charge is 2.27. The number of likely N-dealkylation sites (tertiary alicyclic amines) is 1. The lowest BCUT2D eigenvalue weighted by atomic mass is 9.97. The number of hydrogen-bond acceptors (Lipinski definition) is 3. The molecule has 120 valence electrons. The molecule has 0 saturated carbocycles. The molecule has 1 aromatic carbocycles. The van der Waals surface area contributed by atoms with Crippen LogP contribution in [0.15, 0.2) is 18.2 Å². The molecular weight excluding hydrogens is 308 g/mol. The number of nitrogens with zero attached hydrogens (tertiary/aromatic N) is 1. The number of hydrogen-bond donors (Lipinski definition) is 2. The van der Waals surface area contributed by atoms with Crippen molar-refractivity contribution in [3.8, 4) is 5.75 Å². The third-order valence-corrected chi connectivity index (χ3v) is 3.91. The maximum atomic E-state index is 12.2. The lowest BCUT2D eigenvalue weighted by molar-refractivity contribution is -0.143. The maximum Gasteiger partial charge on any atom is 0.321 e. The van der Waals surface area contributed by atoms with Gasteiger partial charge in [0, 0.05) is 18.8 Å². The van der Waals surface area contributed by atoms with E-state index in [4.69, 9.17) is 21.4 Å². The van der Waals surface area contributed by atoms with E-state index in [0.717, 1.165) is 0 Å². The number of halogens is 1. The van der Waals surface area contributed by atoms with Crippen molar-refractivity contribution in [1.29, 1.82) is 0 Å². The molecule has 1 saturated heterocycles. The molecule has 0 atom stereocenters.